The topological polar surface area (TPSA) is 104 Å². The highest BCUT2D eigenvalue weighted by Gasteiger charge is 2.28. The van der Waals surface area contributed by atoms with Crippen LogP contribution in [0.5, 0.6) is 0 Å². The summed E-state index contributed by atoms with van der Waals surface area (Å²) in [6, 6.07) is 0. The lowest BCUT2D eigenvalue weighted by Gasteiger charge is -2.26. The summed E-state index contributed by atoms with van der Waals surface area (Å²) in [6.45, 7) is 3.09. The van der Waals surface area contributed by atoms with E-state index in [-0.39, 0.29) is 6.54 Å². The van der Waals surface area contributed by atoms with Gasteiger partial charge < -0.3 is 25.6 Å². The number of hydrogen-bond acceptors (Lipinski definition) is 6. The Hall–Kier alpha value is -0.240. The van der Waals surface area contributed by atoms with Gasteiger partial charge in [-0.05, 0) is 6.92 Å². The lowest BCUT2D eigenvalue weighted by Crippen LogP contribution is -2.47. The molecule has 14 heavy (non-hydrogen) atoms. The van der Waals surface area contributed by atoms with Gasteiger partial charge in [-0.15, -0.1) is 0 Å². The Morgan fingerprint density at radius 2 is 1.57 bits per heavy atom. The van der Waals surface area contributed by atoms with Crippen molar-refractivity contribution in [3.8, 4) is 0 Å². The minimum absolute atomic E-state index is 0.179. The molecule has 0 spiro atoms. The van der Waals surface area contributed by atoms with Crippen LogP contribution >= 0.6 is 0 Å². The fourth-order valence-electron chi connectivity index (χ4n) is 0.966. The van der Waals surface area contributed by atoms with E-state index in [0.29, 0.717) is 6.54 Å². The minimum atomic E-state index is -1.48. The molecular formula is C8H19NO5. The van der Waals surface area contributed by atoms with Crippen molar-refractivity contribution in [2.24, 2.45) is 0 Å². The quantitative estimate of drug-likeness (QED) is 0.329. The van der Waals surface area contributed by atoms with Gasteiger partial charge in [0.1, 0.15) is 12.2 Å². The molecule has 0 aromatic carbocycles. The molecule has 0 aliphatic heterocycles. The van der Waals surface area contributed by atoms with Crippen molar-refractivity contribution in [3.05, 3.63) is 0 Å². The van der Waals surface area contributed by atoms with Crippen LogP contribution in [-0.4, -0.2) is 68.2 Å². The van der Waals surface area contributed by atoms with Gasteiger partial charge in [0.05, 0.1) is 18.8 Å². The highest BCUT2D eigenvalue weighted by molar-refractivity contribution is 4.79. The van der Waals surface area contributed by atoms with Crippen molar-refractivity contribution in [2.75, 3.05) is 13.1 Å². The summed E-state index contributed by atoms with van der Waals surface area (Å²) < 4.78 is 0. The van der Waals surface area contributed by atoms with Crippen LogP contribution < -0.4 is 0 Å². The highest BCUT2D eigenvalue weighted by Crippen LogP contribution is 2.05. The Balaban J connectivity index is 4.04. The third-order valence-electron chi connectivity index (χ3n) is 2.00. The SMILES string of the molecule is CCN(O)CC(O)C(O)C(O)C(C)O. The summed E-state index contributed by atoms with van der Waals surface area (Å²) in [4.78, 5) is 0. The Kier molecular flexibility index (Phi) is 6.17. The average molecular weight is 209 g/mol. The number of hydroxylamine groups is 2. The number of aliphatic hydroxyl groups is 4. The van der Waals surface area contributed by atoms with E-state index < -0.39 is 24.4 Å². The maximum atomic E-state index is 9.32. The smallest absolute Gasteiger partial charge is 0.110 e. The van der Waals surface area contributed by atoms with Crippen molar-refractivity contribution in [1.29, 1.82) is 0 Å². The van der Waals surface area contributed by atoms with Crippen LogP contribution in [0.15, 0.2) is 0 Å². The summed E-state index contributed by atoms with van der Waals surface area (Å²) in [5.41, 5.74) is 0. The van der Waals surface area contributed by atoms with Crippen LogP contribution in [0.1, 0.15) is 13.8 Å². The molecule has 0 amide bonds. The van der Waals surface area contributed by atoms with Gasteiger partial charge in [0.15, 0.2) is 0 Å². The summed E-state index contributed by atoms with van der Waals surface area (Å²) >= 11 is 0. The second-order valence-electron chi connectivity index (χ2n) is 3.29. The first-order valence-corrected chi connectivity index (χ1v) is 4.56. The van der Waals surface area contributed by atoms with Crippen molar-refractivity contribution < 1.29 is 25.6 Å². The first kappa shape index (κ1) is 13.8. The molecule has 5 N–H and O–H groups in total. The van der Waals surface area contributed by atoms with Crippen LogP contribution in [0.25, 0.3) is 0 Å². The molecule has 0 aromatic rings. The van der Waals surface area contributed by atoms with Crippen LogP contribution in [0.3, 0.4) is 0 Å². The molecule has 6 heteroatoms. The van der Waals surface area contributed by atoms with Gasteiger partial charge in [0.25, 0.3) is 0 Å². The first-order valence-electron chi connectivity index (χ1n) is 4.56. The maximum Gasteiger partial charge on any atom is 0.110 e. The van der Waals surface area contributed by atoms with E-state index in [2.05, 4.69) is 0 Å². The van der Waals surface area contributed by atoms with Crippen molar-refractivity contribution in [3.63, 3.8) is 0 Å². The lowest BCUT2D eigenvalue weighted by atomic mass is 10.0. The monoisotopic (exact) mass is 209 g/mol. The fraction of sp³-hybridized carbons (Fsp3) is 1.00. The summed E-state index contributed by atoms with van der Waals surface area (Å²) in [5.74, 6) is 0. The predicted octanol–water partition coefficient (Wildman–Crippen LogP) is -1.84. The zero-order chi connectivity index (χ0) is 11.3. The number of likely N-dealkylation sites (N-methyl/N-ethyl adjacent to an activating group) is 1. The Labute approximate surface area is 83.0 Å². The number of nitrogens with zero attached hydrogens (tertiary/aromatic N) is 1. The van der Waals surface area contributed by atoms with Crippen LogP contribution in [-0.2, 0) is 0 Å². The molecule has 0 fully saturated rings. The predicted molar refractivity (Wildman–Crippen MR) is 48.7 cm³/mol. The van der Waals surface area contributed by atoms with E-state index in [4.69, 9.17) is 10.3 Å². The third kappa shape index (κ3) is 4.32. The van der Waals surface area contributed by atoms with E-state index in [9.17, 15) is 15.3 Å². The molecule has 0 heterocycles. The molecule has 0 saturated carbocycles. The Morgan fingerprint density at radius 1 is 1.07 bits per heavy atom. The molecule has 0 aromatic heterocycles. The third-order valence-corrected chi connectivity index (χ3v) is 2.00. The number of aliphatic hydroxyl groups excluding tert-OH is 4. The summed E-state index contributed by atoms with van der Waals surface area (Å²) in [7, 11) is 0. The molecule has 0 rings (SSSR count). The highest BCUT2D eigenvalue weighted by atomic mass is 16.5. The normalized spacial score (nSPS) is 20.6. The van der Waals surface area contributed by atoms with Gasteiger partial charge in [0, 0.05) is 6.54 Å². The first-order chi connectivity index (χ1) is 6.40. The van der Waals surface area contributed by atoms with Gasteiger partial charge >= 0.3 is 0 Å². The Bertz CT molecular complexity index is 155. The number of rotatable bonds is 6. The van der Waals surface area contributed by atoms with Crippen molar-refractivity contribution >= 4 is 0 Å². The van der Waals surface area contributed by atoms with Crippen LogP contribution in [0, 0.1) is 0 Å². The molecule has 0 saturated heterocycles. The summed E-state index contributed by atoms with van der Waals surface area (Å²) in [6.07, 6.45) is -5.33. The van der Waals surface area contributed by atoms with Gasteiger partial charge in [-0.25, -0.2) is 0 Å². The van der Waals surface area contributed by atoms with E-state index in [1.165, 1.54) is 6.92 Å². The maximum absolute atomic E-state index is 9.32. The molecule has 0 aliphatic rings. The zero-order valence-corrected chi connectivity index (χ0v) is 8.41. The second kappa shape index (κ2) is 6.28. The molecule has 4 unspecified atom stereocenters. The van der Waals surface area contributed by atoms with Gasteiger partial charge in [-0.3, -0.25) is 0 Å². The molecule has 4 atom stereocenters. The minimum Gasteiger partial charge on any atom is -0.391 e. The van der Waals surface area contributed by atoms with Gasteiger partial charge in [-0.1, -0.05) is 6.92 Å². The molecule has 86 valence electrons. The van der Waals surface area contributed by atoms with E-state index in [0.717, 1.165) is 5.06 Å². The molecule has 0 radical (unpaired) electrons. The van der Waals surface area contributed by atoms with Crippen LogP contribution in [0.2, 0.25) is 0 Å². The molecule has 0 bridgehead atoms. The molecular weight excluding hydrogens is 190 g/mol. The van der Waals surface area contributed by atoms with Crippen LogP contribution in [0.4, 0.5) is 0 Å². The lowest BCUT2D eigenvalue weighted by molar-refractivity contribution is -0.151. The average Bonchev–Trinajstić information content (AvgIpc) is 2.14. The van der Waals surface area contributed by atoms with E-state index in [1.807, 2.05) is 0 Å². The van der Waals surface area contributed by atoms with Gasteiger partial charge in [-0.2, -0.15) is 5.06 Å². The Morgan fingerprint density at radius 3 is 1.93 bits per heavy atom. The zero-order valence-electron chi connectivity index (χ0n) is 8.41. The largest absolute Gasteiger partial charge is 0.391 e. The van der Waals surface area contributed by atoms with Crippen molar-refractivity contribution in [2.45, 2.75) is 38.3 Å². The fourth-order valence-corrected chi connectivity index (χ4v) is 0.966. The van der Waals surface area contributed by atoms with Gasteiger partial charge in [0.2, 0.25) is 0 Å². The van der Waals surface area contributed by atoms with Crippen molar-refractivity contribution in [1.82, 2.24) is 5.06 Å². The van der Waals surface area contributed by atoms with E-state index in [1.54, 1.807) is 6.92 Å². The number of hydrogen-bond donors (Lipinski definition) is 5. The second-order valence-corrected chi connectivity index (χ2v) is 3.29. The molecule has 6 nitrogen and oxygen atoms in total. The summed E-state index contributed by atoms with van der Waals surface area (Å²) in [5, 5.41) is 46.6. The van der Waals surface area contributed by atoms with E-state index >= 15 is 0 Å². The molecule has 0 aliphatic carbocycles. The standard InChI is InChI=1S/C8H19NO5/c1-3-9(14)4-6(11)8(13)7(12)5(2)10/h5-8,10-14H,3-4H2,1-2H3.